The van der Waals surface area contributed by atoms with Gasteiger partial charge in [-0.05, 0) is 18.9 Å². The zero-order valence-electron chi connectivity index (χ0n) is 7.55. The Morgan fingerprint density at radius 2 is 2.29 bits per heavy atom. The lowest BCUT2D eigenvalue weighted by atomic mass is 10.3. The highest BCUT2D eigenvalue weighted by Crippen LogP contribution is 2.38. The first-order valence-corrected chi connectivity index (χ1v) is 4.68. The summed E-state index contributed by atoms with van der Waals surface area (Å²) in [6, 6.07) is 3.49. The molecule has 0 amide bonds. The van der Waals surface area contributed by atoms with Crippen LogP contribution in [0, 0.1) is 0 Å². The summed E-state index contributed by atoms with van der Waals surface area (Å²) in [6.07, 6.45) is 5.59. The maximum absolute atomic E-state index is 11.1. The van der Waals surface area contributed by atoms with Crippen molar-refractivity contribution in [1.29, 1.82) is 0 Å². The third kappa shape index (κ3) is 1.19. The number of fused-ring (bicyclic) bond motifs is 1. The second kappa shape index (κ2) is 2.64. The van der Waals surface area contributed by atoms with Crippen LogP contribution in [0.3, 0.4) is 0 Å². The van der Waals surface area contributed by atoms with Gasteiger partial charge in [-0.2, -0.15) is 5.10 Å². The van der Waals surface area contributed by atoms with Gasteiger partial charge in [0.15, 0.2) is 5.65 Å². The Bertz CT molecular complexity index is 542. The standard InChI is InChI=1S/C10H9N3O/c14-8-5-10-12-9(7-1-2-7)3-4-13(10)11-6-8/h3-7H,1-2H2. The summed E-state index contributed by atoms with van der Waals surface area (Å²) in [4.78, 5) is 15.5. The molecule has 0 aliphatic heterocycles. The highest BCUT2D eigenvalue weighted by molar-refractivity contribution is 5.37. The molecule has 2 aromatic heterocycles. The fourth-order valence-corrected chi connectivity index (χ4v) is 1.53. The molecule has 1 aliphatic carbocycles. The molecule has 2 aromatic rings. The van der Waals surface area contributed by atoms with Crippen molar-refractivity contribution in [3.8, 4) is 0 Å². The Hall–Kier alpha value is -1.71. The number of aromatic nitrogens is 3. The molecule has 14 heavy (non-hydrogen) atoms. The lowest BCUT2D eigenvalue weighted by Crippen LogP contribution is -2.06. The molecule has 4 heteroatoms. The predicted molar refractivity (Wildman–Crippen MR) is 51.2 cm³/mol. The average molecular weight is 187 g/mol. The van der Waals surface area contributed by atoms with Crippen LogP contribution in [0.25, 0.3) is 5.65 Å². The summed E-state index contributed by atoms with van der Waals surface area (Å²) >= 11 is 0. The highest BCUT2D eigenvalue weighted by Gasteiger charge is 2.24. The van der Waals surface area contributed by atoms with Gasteiger partial charge in [0.2, 0.25) is 5.43 Å². The van der Waals surface area contributed by atoms with Crippen LogP contribution in [0.2, 0.25) is 0 Å². The van der Waals surface area contributed by atoms with E-state index >= 15 is 0 Å². The van der Waals surface area contributed by atoms with Gasteiger partial charge < -0.3 is 0 Å². The normalized spacial score (nSPS) is 16.0. The Balaban J connectivity index is 2.25. The predicted octanol–water partition coefficient (Wildman–Crippen LogP) is 0.967. The van der Waals surface area contributed by atoms with Gasteiger partial charge >= 0.3 is 0 Å². The van der Waals surface area contributed by atoms with E-state index in [2.05, 4.69) is 10.1 Å². The van der Waals surface area contributed by atoms with E-state index < -0.39 is 0 Å². The van der Waals surface area contributed by atoms with Crippen LogP contribution in [0.15, 0.2) is 29.3 Å². The molecule has 0 N–H and O–H groups in total. The third-order valence-electron chi connectivity index (χ3n) is 2.44. The molecule has 0 atom stereocenters. The van der Waals surface area contributed by atoms with Gasteiger partial charge in [0, 0.05) is 23.9 Å². The number of hydrogen-bond acceptors (Lipinski definition) is 3. The second-order valence-electron chi connectivity index (χ2n) is 3.62. The van der Waals surface area contributed by atoms with Gasteiger partial charge in [-0.15, -0.1) is 0 Å². The van der Waals surface area contributed by atoms with Crippen molar-refractivity contribution >= 4 is 5.65 Å². The molecule has 70 valence electrons. The molecule has 3 rings (SSSR count). The minimum atomic E-state index is -0.0922. The van der Waals surface area contributed by atoms with Crippen molar-refractivity contribution < 1.29 is 0 Å². The zero-order chi connectivity index (χ0) is 9.54. The van der Waals surface area contributed by atoms with E-state index in [1.807, 2.05) is 12.3 Å². The summed E-state index contributed by atoms with van der Waals surface area (Å²) in [7, 11) is 0. The van der Waals surface area contributed by atoms with Crippen LogP contribution < -0.4 is 5.43 Å². The van der Waals surface area contributed by atoms with E-state index in [9.17, 15) is 4.79 Å². The van der Waals surface area contributed by atoms with Crippen molar-refractivity contribution in [2.75, 3.05) is 0 Å². The van der Waals surface area contributed by atoms with E-state index in [-0.39, 0.29) is 5.43 Å². The lowest BCUT2D eigenvalue weighted by Gasteiger charge is -2.00. The van der Waals surface area contributed by atoms with Gasteiger partial charge in [-0.25, -0.2) is 9.50 Å². The molecular weight excluding hydrogens is 178 g/mol. The van der Waals surface area contributed by atoms with Crippen LogP contribution in [0.4, 0.5) is 0 Å². The fourth-order valence-electron chi connectivity index (χ4n) is 1.53. The first-order valence-electron chi connectivity index (χ1n) is 4.68. The molecule has 0 saturated heterocycles. The smallest absolute Gasteiger partial charge is 0.202 e. The number of hydrogen-bond donors (Lipinski definition) is 0. The Kier molecular flexibility index (Phi) is 1.45. The summed E-state index contributed by atoms with van der Waals surface area (Å²) in [6.45, 7) is 0. The Morgan fingerprint density at radius 1 is 1.43 bits per heavy atom. The van der Waals surface area contributed by atoms with Gasteiger partial charge in [0.1, 0.15) is 0 Å². The van der Waals surface area contributed by atoms with Crippen LogP contribution in [0.1, 0.15) is 24.5 Å². The highest BCUT2D eigenvalue weighted by atomic mass is 16.1. The van der Waals surface area contributed by atoms with Crippen molar-refractivity contribution in [2.45, 2.75) is 18.8 Å². The average Bonchev–Trinajstić information content (AvgIpc) is 3.00. The molecule has 1 fully saturated rings. The van der Waals surface area contributed by atoms with Crippen LogP contribution in [-0.4, -0.2) is 14.6 Å². The number of rotatable bonds is 1. The largest absolute Gasteiger partial charge is 0.288 e. The van der Waals surface area contributed by atoms with E-state index in [1.165, 1.54) is 25.1 Å². The monoisotopic (exact) mass is 187 g/mol. The quantitative estimate of drug-likeness (QED) is 0.668. The molecule has 0 radical (unpaired) electrons. The molecule has 1 saturated carbocycles. The van der Waals surface area contributed by atoms with Crippen molar-refractivity contribution in [1.82, 2.24) is 14.6 Å². The minimum Gasteiger partial charge on any atom is -0.288 e. The fraction of sp³-hybridized carbons (Fsp3) is 0.300. The first kappa shape index (κ1) is 7.67. The summed E-state index contributed by atoms with van der Waals surface area (Å²) in [5, 5.41) is 3.94. The van der Waals surface area contributed by atoms with Crippen LogP contribution in [0.5, 0.6) is 0 Å². The molecule has 2 heterocycles. The molecule has 0 bridgehead atoms. The first-order chi connectivity index (χ1) is 6.83. The molecule has 0 spiro atoms. The van der Waals surface area contributed by atoms with Crippen LogP contribution in [-0.2, 0) is 0 Å². The topological polar surface area (TPSA) is 47.3 Å². The molecule has 0 unspecified atom stereocenters. The van der Waals surface area contributed by atoms with Crippen molar-refractivity contribution in [2.24, 2.45) is 0 Å². The Morgan fingerprint density at radius 3 is 3.07 bits per heavy atom. The maximum Gasteiger partial charge on any atom is 0.202 e. The van der Waals surface area contributed by atoms with E-state index in [0.717, 1.165) is 5.69 Å². The second-order valence-corrected chi connectivity index (χ2v) is 3.62. The van der Waals surface area contributed by atoms with Gasteiger partial charge in [-0.3, -0.25) is 4.79 Å². The van der Waals surface area contributed by atoms with Gasteiger partial charge in [0.25, 0.3) is 0 Å². The van der Waals surface area contributed by atoms with E-state index in [1.54, 1.807) is 4.52 Å². The lowest BCUT2D eigenvalue weighted by molar-refractivity contribution is 0.871. The SMILES string of the molecule is O=c1cnn2ccc(C3CC3)nc2c1. The molecule has 0 aromatic carbocycles. The Labute approximate surface area is 80.2 Å². The summed E-state index contributed by atoms with van der Waals surface area (Å²) < 4.78 is 1.62. The van der Waals surface area contributed by atoms with Crippen molar-refractivity contribution in [3.63, 3.8) is 0 Å². The molecular formula is C10H9N3O. The molecule has 4 nitrogen and oxygen atoms in total. The summed E-state index contributed by atoms with van der Waals surface area (Å²) in [5.74, 6) is 0.607. The van der Waals surface area contributed by atoms with Gasteiger partial charge in [-0.1, -0.05) is 0 Å². The van der Waals surface area contributed by atoms with E-state index in [0.29, 0.717) is 11.6 Å². The van der Waals surface area contributed by atoms with Gasteiger partial charge in [0.05, 0.1) is 6.20 Å². The zero-order valence-corrected chi connectivity index (χ0v) is 7.55. The molecule has 1 aliphatic rings. The van der Waals surface area contributed by atoms with Crippen molar-refractivity contribution in [3.05, 3.63) is 40.4 Å². The van der Waals surface area contributed by atoms with E-state index in [4.69, 9.17) is 0 Å². The third-order valence-corrected chi connectivity index (χ3v) is 2.44. The van der Waals surface area contributed by atoms with Crippen LogP contribution >= 0.6 is 0 Å². The summed E-state index contributed by atoms with van der Waals surface area (Å²) in [5.41, 5.74) is 1.63. The number of nitrogens with zero attached hydrogens (tertiary/aromatic N) is 3. The minimum absolute atomic E-state index is 0.0922. The maximum atomic E-state index is 11.1.